The minimum atomic E-state index is -0.374. The molecular formula is C15H10BrFN4. The predicted molar refractivity (Wildman–Crippen MR) is 82.6 cm³/mol. The highest BCUT2D eigenvalue weighted by Crippen LogP contribution is 2.20. The standard InChI is InChI=1S/C15H10BrFN4/c16-13-5-1-3-11(19-13)12-4-2-6-15(20-12)21-14-8-7-10(17)9-18-14/h1-9H,(H,18,20,21). The average molecular weight is 345 g/mol. The molecule has 0 aliphatic rings. The highest BCUT2D eigenvalue weighted by Gasteiger charge is 2.04. The van der Waals surface area contributed by atoms with Crippen molar-refractivity contribution in [2.45, 2.75) is 0 Å². The first-order valence-corrected chi connectivity index (χ1v) is 6.98. The van der Waals surface area contributed by atoms with Crippen molar-refractivity contribution in [3.05, 3.63) is 65.1 Å². The maximum absolute atomic E-state index is 12.8. The summed E-state index contributed by atoms with van der Waals surface area (Å²) in [5, 5.41) is 3.03. The molecule has 0 saturated carbocycles. The molecule has 0 unspecified atom stereocenters. The van der Waals surface area contributed by atoms with E-state index in [-0.39, 0.29) is 5.82 Å². The summed E-state index contributed by atoms with van der Waals surface area (Å²) in [6.07, 6.45) is 1.15. The minimum absolute atomic E-state index is 0.374. The van der Waals surface area contributed by atoms with Gasteiger partial charge in [-0.05, 0) is 52.3 Å². The van der Waals surface area contributed by atoms with Crippen molar-refractivity contribution in [2.75, 3.05) is 5.32 Å². The van der Waals surface area contributed by atoms with Gasteiger partial charge < -0.3 is 5.32 Å². The number of nitrogens with one attached hydrogen (secondary N) is 1. The smallest absolute Gasteiger partial charge is 0.141 e. The van der Waals surface area contributed by atoms with Gasteiger partial charge in [-0.15, -0.1) is 0 Å². The van der Waals surface area contributed by atoms with Gasteiger partial charge in [-0.2, -0.15) is 0 Å². The molecule has 104 valence electrons. The van der Waals surface area contributed by atoms with Crippen LogP contribution in [0.25, 0.3) is 11.4 Å². The zero-order chi connectivity index (χ0) is 14.7. The zero-order valence-corrected chi connectivity index (χ0v) is 12.4. The number of nitrogens with zero attached hydrogens (tertiary/aromatic N) is 3. The zero-order valence-electron chi connectivity index (χ0n) is 10.8. The molecule has 0 spiro atoms. The number of halogens is 2. The fourth-order valence-corrected chi connectivity index (χ4v) is 2.12. The summed E-state index contributed by atoms with van der Waals surface area (Å²) < 4.78 is 13.6. The van der Waals surface area contributed by atoms with E-state index in [1.165, 1.54) is 6.07 Å². The minimum Gasteiger partial charge on any atom is -0.325 e. The van der Waals surface area contributed by atoms with Gasteiger partial charge in [0.25, 0.3) is 0 Å². The molecule has 1 N–H and O–H groups in total. The largest absolute Gasteiger partial charge is 0.325 e. The number of aromatic nitrogens is 3. The van der Waals surface area contributed by atoms with Crippen LogP contribution < -0.4 is 5.32 Å². The lowest BCUT2D eigenvalue weighted by Crippen LogP contribution is -1.97. The topological polar surface area (TPSA) is 50.7 Å². The lowest BCUT2D eigenvalue weighted by atomic mass is 10.2. The summed E-state index contributed by atoms with van der Waals surface area (Å²) in [4.78, 5) is 12.8. The van der Waals surface area contributed by atoms with E-state index in [0.29, 0.717) is 11.6 Å². The van der Waals surface area contributed by atoms with Crippen molar-refractivity contribution in [3.63, 3.8) is 0 Å². The van der Waals surface area contributed by atoms with Crippen LogP contribution in [0, 0.1) is 5.82 Å². The second-order valence-electron chi connectivity index (χ2n) is 4.24. The van der Waals surface area contributed by atoms with E-state index in [9.17, 15) is 4.39 Å². The van der Waals surface area contributed by atoms with Crippen molar-refractivity contribution in [2.24, 2.45) is 0 Å². The Labute approximate surface area is 129 Å². The van der Waals surface area contributed by atoms with E-state index in [0.717, 1.165) is 22.2 Å². The van der Waals surface area contributed by atoms with Crippen LogP contribution in [-0.2, 0) is 0 Å². The molecule has 3 aromatic rings. The van der Waals surface area contributed by atoms with Gasteiger partial charge in [0, 0.05) is 0 Å². The number of pyridine rings is 3. The summed E-state index contributed by atoms with van der Waals surface area (Å²) in [5.41, 5.74) is 1.50. The molecule has 0 atom stereocenters. The van der Waals surface area contributed by atoms with Gasteiger partial charge in [0.1, 0.15) is 22.1 Å². The third-order valence-electron chi connectivity index (χ3n) is 2.71. The maximum Gasteiger partial charge on any atom is 0.141 e. The molecule has 6 heteroatoms. The first-order valence-electron chi connectivity index (χ1n) is 6.19. The monoisotopic (exact) mass is 344 g/mol. The Kier molecular flexibility index (Phi) is 3.87. The van der Waals surface area contributed by atoms with Gasteiger partial charge >= 0.3 is 0 Å². The Morgan fingerprint density at radius 2 is 1.62 bits per heavy atom. The molecule has 0 bridgehead atoms. The van der Waals surface area contributed by atoms with Crippen molar-refractivity contribution >= 4 is 27.6 Å². The molecule has 0 saturated heterocycles. The van der Waals surface area contributed by atoms with Gasteiger partial charge in [-0.3, -0.25) is 0 Å². The Morgan fingerprint density at radius 1 is 0.857 bits per heavy atom. The predicted octanol–water partition coefficient (Wildman–Crippen LogP) is 4.18. The van der Waals surface area contributed by atoms with Crippen molar-refractivity contribution in [1.82, 2.24) is 15.0 Å². The van der Waals surface area contributed by atoms with Crippen LogP contribution in [0.3, 0.4) is 0 Å². The molecule has 4 nitrogen and oxygen atoms in total. The summed E-state index contributed by atoms with van der Waals surface area (Å²) in [6, 6.07) is 14.1. The summed E-state index contributed by atoms with van der Waals surface area (Å²) in [7, 11) is 0. The van der Waals surface area contributed by atoms with Crippen LogP contribution in [0.15, 0.2) is 59.3 Å². The molecule has 0 aliphatic carbocycles. The summed E-state index contributed by atoms with van der Waals surface area (Å²) >= 11 is 3.34. The highest BCUT2D eigenvalue weighted by atomic mass is 79.9. The van der Waals surface area contributed by atoms with Crippen LogP contribution in [0.5, 0.6) is 0 Å². The van der Waals surface area contributed by atoms with Crippen LogP contribution in [0.4, 0.5) is 16.0 Å². The first kappa shape index (κ1) is 13.6. The van der Waals surface area contributed by atoms with Gasteiger partial charge in [0.2, 0.25) is 0 Å². The Balaban J connectivity index is 1.88. The summed E-state index contributed by atoms with van der Waals surface area (Å²) in [6.45, 7) is 0. The van der Waals surface area contributed by atoms with Crippen molar-refractivity contribution in [1.29, 1.82) is 0 Å². The van der Waals surface area contributed by atoms with Crippen LogP contribution in [-0.4, -0.2) is 15.0 Å². The quantitative estimate of drug-likeness (QED) is 0.724. The lowest BCUT2D eigenvalue weighted by molar-refractivity contribution is 0.622. The SMILES string of the molecule is Fc1ccc(Nc2cccc(-c3cccc(Br)n3)n2)nc1. The first-order chi connectivity index (χ1) is 10.2. The van der Waals surface area contributed by atoms with E-state index in [1.807, 2.05) is 36.4 Å². The molecule has 0 fully saturated rings. The highest BCUT2D eigenvalue weighted by molar-refractivity contribution is 9.10. The second-order valence-corrected chi connectivity index (χ2v) is 5.05. The van der Waals surface area contributed by atoms with Crippen LogP contribution >= 0.6 is 15.9 Å². The molecule has 0 amide bonds. The Hall–Kier alpha value is -2.34. The fourth-order valence-electron chi connectivity index (χ4n) is 1.78. The molecule has 3 aromatic heterocycles. The van der Waals surface area contributed by atoms with Crippen molar-refractivity contribution in [3.8, 4) is 11.4 Å². The molecule has 0 aliphatic heterocycles. The summed E-state index contributed by atoms with van der Waals surface area (Å²) in [5.74, 6) is 0.775. The van der Waals surface area contributed by atoms with Gasteiger partial charge in [-0.1, -0.05) is 12.1 Å². The number of hydrogen-bond acceptors (Lipinski definition) is 4. The van der Waals surface area contributed by atoms with E-state index in [2.05, 4.69) is 36.2 Å². The number of anilines is 2. The number of rotatable bonds is 3. The maximum atomic E-state index is 12.8. The second kappa shape index (κ2) is 5.97. The Bertz CT molecular complexity index is 762. The van der Waals surface area contributed by atoms with E-state index in [1.54, 1.807) is 6.07 Å². The molecular weight excluding hydrogens is 335 g/mol. The lowest BCUT2D eigenvalue weighted by Gasteiger charge is -2.06. The molecule has 21 heavy (non-hydrogen) atoms. The van der Waals surface area contributed by atoms with E-state index >= 15 is 0 Å². The molecule has 3 rings (SSSR count). The number of hydrogen-bond donors (Lipinski definition) is 1. The normalized spacial score (nSPS) is 10.4. The third-order valence-corrected chi connectivity index (χ3v) is 3.15. The van der Waals surface area contributed by atoms with Crippen LogP contribution in [0.2, 0.25) is 0 Å². The van der Waals surface area contributed by atoms with Crippen LogP contribution in [0.1, 0.15) is 0 Å². The van der Waals surface area contributed by atoms with E-state index in [4.69, 9.17) is 0 Å². The molecule has 0 radical (unpaired) electrons. The third kappa shape index (κ3) is 3.41. The van der Waals surface area contributed by atoms with Gasteiger partial charge in [0.15, 0.2) is 0 Å². The van der Waals surface area contributed by atoms with Crippen molar-refractivity contribution < 1.29 is 4.39 Å². The molecule has 0 aromatic carbocycles. The van der Waals surface area contributed by atoms with E-state index < -0.39 is 0 Å². The average Bonchev–Trinajstić information content (AvgIpc) is 2.50. The van der Waals surface area contributed by atoms with Gasteiger partial charge in [0.05, 0.1) is 17.6 Å². The fraction of sp³-hybridized carbons (Fsp3) is 0. The molecule has 3 heterocycles. The Morgan fingerprint density at radius 3 is 2.33 bits per heavy atom. The van der Waals surface area contributed by atoms with Gasteiger partial charge in [-0.25, -0.2) is 19.3 Å².